The molecule has 0 spiro atoms. The van der Waals surface area contributed by atoms with Crippen molar-refractivity contribution in [2.24, 2.45) is 0 Å². The first-order chi connectivity index (χ1) is 11.7. The van der Waals surface area contributed by atoms with Crippen LogP contribution in [-0.2, 0) is 28.4 Å². The summed E-state index contributed by atoms with van der Waals surface area (Å²) in [5.41, 5.74) is 0. The maximum absolute atomic E-state index is 5.80. The van der Waals surface area contributed by atoms with Crippen LogP contribution in [0.3, 0.4) is 0 Å². The Morgan fingerprint density at radius 1 is 0.480 bits per heavy atom. The second-order valence-electron chi connectivity index (χ2n) is 7.24. The third kappa shape index (κ3) is 17.0. The Hall–Kier alpha value is -0.240. The van der Waals surface area contributed by atoms with Crippen molar-refractivity contribution in [2.75, 3.05) is 33.2 Å². The highest BCUT2D eigenvalue weighted by Gasteiger charge is 2.15. The molecule has 0 radical (unpaired) electrons. The third-order valence-electron chi connectivity index (χ3n) is 2.93. The molecule has 6 heteroatoms. The van der Waals surface area contributed by atoms with E-state index < -0.39 is 0 Å². The summed E-state index contributed by atoms with van der Waals surface area (Å²) in [6.07, 6.45) is 0.398. The van der Waals surface area contributed by atoms with Gasteiger partial charge in [0, 0.05) is 0 Å². The molecule has 0 aromatic carbocycles. The average molecular weight is 365 g/mol. The second-order valence-corrected chi connectivity index (χ2v) is 7.24. The van der Waals surface area contributed by atoms with Crippen LogP contribution in [0, 0.1) is 0 Å². The monoisotopic (exact) mass is 364 g/mol. The number of hydrogen-bond donors (Lipinski definition) is 0. The van der Waals surface area contributed by atoms with E-state index in [-0.39, 0.29) is 43.4 Å². The Balaban J connectivity index is 4.05. The molecule has 0 heterocycles. The summed E-state index contributed by atoms with van der Waals surface area (Å²) < 4.78 is 34.0. The second kappa shape index (κ2) is 14.9. The summed E-state index contributed by atoms with van der Waals surface area (Å²) in [4.78, 5) is 0. The van der Waals surface area contributed by atoms with E-state index in [9.17, 15) is 0 Å². The van der Waals surface area contributed by atoms with Gasteiger partial charge in [-0.1, -0.05) is 0 Å². The fourth-order valence-corrected chi connectivity index (χ4v) is 2.04. The summed E-state index contributed by atoms with van der Waals surface area (Å²) in [5, 5.41) is 0. The molecule has 25 heavy (non-hydrogen) atoms. The molecule has 2 unspecified atom stereocenters. The zero-order valence-electron chi connectivity index (χ0n) is 17.4. The van der Waals surface area contributed by atoms with E-state index in [0.29, 0.717) is 26.4 Å². The number of hydrogen-bond acceptors (Lipinski definition) is 6. The first-order valence-corrected chi connectivity index (χ1v) is 9.40. The lowest BCUT2D eigenvalue weighted by Crippen LogP contribution is -2.32. The molecule has 0 aliphatic rings. The van der Waals surface area contributed by atoms with Crippen LogP contribution in [0.4, 0.5) is 0 Å². The van der Waals surface area contributed by atoms with E-state index in [1.54, 1.807) is 0 Å². The van der Waals surface area contributed by atoms with Crippen LogP contribution < -0.4 is 0 Å². The van der Waals surface area contributed by atoms with E-state index in [4.69, 9.17) is 28.4 Å². The molecule has 0 aromatic heterocycles. The van der Waals surface area contributed by atoms with Gasteiger partial charge in [-0.25, -0.2) is 0 Å². The molecule has 0 aliphatic carbocycles. The van der Waals surface area contributed by atoms with Gasteiger partial charge in [-0.3, -0.25) is 0 Å². The summed E-state index contributed by atoms with van der Waals surface area (Å²) in [6.45, 7) is 18.1. The minimum absolute atomic E-state index is 0.0991. The van der Waals surface area contributed by atoms with Crippen LogP contribution in [0.25, 0.3) is 0 Å². The highest BCUT2D eigenvalue weighted by atomic mass is 16.7. The van der Waals surface area contributed by atoms with Crippen molar-refractivity contribution >= 4 is 0 Å². The minimum Gasteiger partial charge on any atom is -0.376 e. The molecule has 0 fully saturated rings. The van der Waals surface area contributed by atoms with Crippen LogP contribution in [0.2, 0.25) is 0 Å². The van der Waals surface area contributed by atoms with Crippen molar-refractivity contribution < 1.29 is 28.4 Å². The van der Waals surface area contributed by atoms with Crippen LogP contribution in [0.1, 0.15) is 55.4 Å². The molecule has 0 bridgehead atoms. The van der Waals surface area contributed by atoms with E-state index in [0.717, 1.165) is 0 Å². The van der Waals surface area contributed by atoms with E-state index in [1.807, 2.05) is 55.4 Å². The average Bonchev–Trinajstić information content (AvgIpc) is 2.48. The first kappa shape index (κ1) is 24.8. The van der Waals surface area contributed by atoms with E-state index in [2.05, 4.69) is 0 Å². The van der Waals surface area contributed by atoms with Gasteiger partial charge in [0.25, 0.3) is 0 Å². The molecule has 152 valence electrons. The third-order valence-corrected chi connectivity index (χ3v) is 2.93. The topological polar surface area (TPSA) is 55.4 Å². The molecule has 2 atom stereocenters. The Bertz CT molecular complexity index is 266. The van der Waals surface area contributed by atoms with Crippen molar-refractivity contribution in [3.8, 4) is 0 Å². The summed E-state index contributed by atoms with van der Waals surface area (Å²) in [6, 6.07) is 0. The van der Waals surface area contributed by atoms with Gasteiger partial charge in [-0.2, -0.15) is 0 Å². The Morgan fingerprint density at radius 2 is 0.840 bits per heavy atom. The van der Waals surface area contributed by atoms with Gasteiger partial charge in [-0.05, 0) is 55.4 Å². The maximum atomic E-state index is 5.80. The van der Waals surface area contributed by atoms with Gasteiger partial charge in [0.2, 0.25) is 0 Å². The fourth-order valence-electron chi connectivity index (χ4n) is 2.04. The lowest BCUT2D eigenvalue weighted by Gasteiger charge is -2.23. The SMILES string of the molecule is CC(C)OCC(COCOCC(COC(C)C)OC(C)C)OC(C)C. The van der Waals surface area contributed by atoms with Crippen LogP contribution in [-0.4, -0.2) is 69.8 Å². The predicted molar refractivity (Wildman–Crippen MR) is 99.0 cm³/mol. The summed E-state index contributed by atoms with van der Waals surface area (Å²) >= 11 is 0. The smallest absolute Gasteiger partial charge is 0.146 e. The van der Waals surface area contributed by atoms with Crippen molar-refractivity contribution in [3.05, 3.63) is 0 Å². The van der Waals surface area contributed by atoms with E-state index >= 15 is 0 Å². The Kier molecular flexibility index (Phi) is 14.7. The number of rotatable bonds is 16. The largest absolute Gasteiger partial charge is 0.376 e. The van der Waals surface area contributed by atoms with Gasteiger partial charge in [-0.15, -0.1) is 0 Å². The first-order valence-electron chi connectivity index (χ1n) is 9.40. The quantitative estimate of drug-likeness (QED) is 0.309. The molecule has 0 aliphatic heterocycles. The van der Waals surface area contributed by atoms with Gasteiger partial charge < -0.3 is 28.4 Å². The summed E-state index contributed by atoms with van der Waals surface area (Å²) in [5.74, 6) is 0. The zero-order chi connectivity index (χ0) is 19.2. The van der Waals surface area contributed by atoms with Crippen LogP contribution >= 0.6 is 0 Å². The lowest BCUT2D eigenvalue weighted by molar-refractivity contribution is -0.148. The molecule has 6 nitrogen and oxygen atoms in total. The molecule has 0 saturated carbocycles. The molecular formula is C19H40O6. The molecular weight excluding hydrogens is 324 g/mol. The fraction of sp³-hybridized carbons (Fsp3) is 1.00. The van der Waals surface area contributed by atoms with Gasteiger partial charge in [0.15, 0.2) is 0 Å². The molecule has 0 N–H and O–H groups in total. The van der Waals surface area contributed by atoms with Crippen molar-refractivity contribution in [2.45, 2.75) is 92.0 Å². The molecule has 0 saturated heterocycles. The zero-order valence-corrected chi connectivity index (χ0v) is 17.4. The molecule has 0 rings (SSSR count). The summed E-state index contributed by atoms with van der Waals surface area (Å²) in [7, 11) is 0. The van der Waals surface area contributed by atoms with Crippen LogP contribution in [0.5, 0.6) is 0 Å². The normalized spacial score (nSPS) is 14.9. The Labute approximate surface area is 154 Å². The van der Waals surface area contributed by atoms with Crippen molar-refractivity contribution in [3.63, 3.8) is 0 Å². The standard InChI is InChI=1S/C19H40O6/c1-14(2)22-11-18(24-16(5)6)9-20-13-21-10-19(25-17(7)8)12-23-15(3)4/h14-19H,9-13H2,1-8H3. The number of ether oxygens (including phenoxy) is 6. The van der Waals surface area contributed by atoms with Gasteiger partial charge in [0.1, 0.15) is 19.0 Å². The lowest BCUT2D eigenvalue weighted by atomic mass is 10.3. The van der Waals surface area contributed by atoms with Gasteiger partial charge >= 0.3 is 0 Å². The molecule has 0 aromatic rings. The predicted octanol–water partition coefficient (Wildman–Crippen LogP) is 3.41. The van der Waals surface area contributed by atoms with Gasteiger partial charge in [0.05, 0.1) is 50.8 Å². The highest BCUT2D eigenvalue weighted by molar-refractivity contribution is 4.59. The van der Waals surface area contributed by atoms with E-state index in [1.165, 1.54) is 0 Å². The highest BCUT2D eigenvalue weighted by Crippen LogP contribution is 2.04. The van der Waals surface area contributed by atoms with Crippen molar-refractivity contribution in [1.29, 1.82) is 0 Å². The maximum Gasteiger partial charge on any atom is 0.146 e. The Morgan fingerprint density at radius 3 is 1.12 bits per heavy atom. The van der Waals surface area contributed by atoms with Crippen molar-refractivity contribution in [1.82, 2.24) is 0 Å². The van der Waals surface area contributed by atoms with Crippen LogP contribution in [0.15, 0.2) is 0 Å². The minimum atomic E-state index is -0.0991. The molecule has 0 amide bonds.